The summed E-state index contributed by atoms with van der Waals surface area (Å²) in [6.45, 7) is 2.98. The van der Waals surface area contributed by atoms with E-state index in [9.17, 15) is 9.90 Å². The molecule has 0 aliphatic heterocycles. The summed E-state index contributed by atoms with van der Waals surface area (Å²) < 4.78 is 7.36. The Morgan fingerprint density at radius 2 is 2.06 bits per heavy atom. The molecule has 3 aromatic rings. The van der Waals surface area contributed by atoms with E-state index in [0.717, 1.165) is 54.5 Å². The lowest BCUT2D eigenvalue weighted by Gasteiger charge is -2.42. The summed E-state index contributed by atoms with van der Waals surface area (Å²) in [5.74, 6) is 1.10. The zero-order chi connectivity index (χ0) is 21.4. The Kier molecular flexibility index (Phi) is 5.47. The molecule has 1 unspecified atom stereocenters. The number of fused-ring (bicyclic) bond motifs is 3. The molecule has 0 saturated heterocycles. The minimum absolute atomic E-state index is 0.133. The fourth-order valence-corrected chi connectivity index (χ4v) is 6.80. The zero-order valence-electron chi connectivity index (χ0n) is 17.9. The van der Waals surface area contributed by atoms with Gasteiger partial charge < -0.3 is 9.84 Å². The molecule has 162 valence electrons. The van der Waals surface area contributed by atoms with E-state index in [0.29, 0.717) is 18.4 Å². The second kappa shape index (κ2) is 8.27. The van der Waals surface area contributed by atoms with Gasteiger partial charge in [-0.1, -0.05) is 31.2 Å². The molecule has 1 N–H and O–H groups in total. The first kappa shape index (κ1) is 20.5. The lowest BCUT2D eigenvalue weighted by atomic mass is 9.61. The average molecular weight is 436 g/mol. The third-order valence-corrected chi connectivity index (χ3v) is 8.46. The Morgan fingerprint density at radius 1 is 1.26 bits per heavy atom. The van der Waals surface area contributed by atoms with Crippen LogP contribution in [0.5, 0.6) is 5.75 Å². The molecule has 2 aliphatic carbocycles. The van der Waals surface area contributed by atoms with Gasteiger partial charge in [-0.05, 0) is 84.4 Å². The van der Waals surface area contributed by atoms with Crippen molar-refractivity contribution in [3.05, 3.63) is 59.1 Å². The van der Waals surface area contributed by atoms with E-state index in [4.69, 9.17) is 4.74 Å². The first-order chi connectivity index (χ1) is 15.1. The first-order valence-corrected chi connectivity index (χ1v) is 12.2. The number of aliphatic carboxylic acids is 1. The number of pyridine rings is 1. The van der Waals surface area contributed by atoms with Crippen molar-refractivity contribution in [1.29, 1.82) is 0 Å². The second-order valence-corrected chi connectivity index (χ2v) is 10.3. The molecule has 2 atom stereocenters. The molecule has 1 saturated carbocycles. The molecule has 5 rings (SSSR count). The third-order valence-electron chi connectivity index (χ3n) is 7.55. The maximum absolute atomic E-state index is 11.5. The van der Waals surface area contributed by atoms with E-state index in [1.807, 2.05) is 18.3 Å². The molecule has 2 heterocycles. The van der Waals surface area contributed by atoms with Gasteiger partial charge in [0.15, 0.2) is 0 Å². The van der Waals surface area contributed by atoms with Gasteiger partial charge in [-0.15, -0.1) is 11.3 Å². The summed E-state index contributed by atoms with van der Waals surface area (Å²) >= 11 is 1.67. The smallest absolute Gasteiger partial charge is 0.306 e. The van der Waals surface area contributed by atoms with Crippen LogP contribution in [0.3, 0.4) is 0 Å². The topological polar surface area (TPSA) is 59.4 Å². The van der Waals surface area contributed by atoms with Crippen molar-refractivity contribution in [2.24, 2.45) is 17.8 Å². The quantitative estimate of drug-likeness (QED) is 0.509. The normalized spacial score (nSPS) is 26.1. The predicted molar refractivity (Wildman–Crippen MR) is 124 cm³/mol. The van der Waals surface area contributed by atoms with Crippen LogP contribution in [-0.4, -0.2) is 22.7 Å². The fourth-order valence-electron chi connectivity index (χ4n) is 5.98. The molecule has 1 fully saturated rings. The number of aromatic nitrogens is 1. The Morgan fingerprint density at radius 3 is 2.87 bits per heavy atom. The Labute approximate surface area is 187 Å². The molecule has 1 aromatic carbocycles. The van der Waals surface area contributed by atoms with Crippen LogP contribution in [-0.2, 0) is 16.6 Å². The van der Waals surface area contributed by atoms with Crippen LogP contribution in [0.15, 0.2) is 48.0 Å². The van der Waals surface area contributed by atoms with Crippen molar-refractivity contribution in [3.63, 3.8) is 0 Å². The molecular weight excluding hydrogens is 406 g/mol. The van der Waals surface area contributed by atoms with Crippen LogP contribution < -0.4 is 4.74 Å². The molecule has 0 bridgehead atoms. The number of nitrogens with zero attached hydrogens (tertiary/aromatic N) is 1. The summed E-state index contributed by atoms with van der Waals surface area (Å²) in [5.41, 5.74) is 4.07. The Balaban J connectivity index is 1.31. The summed E-state index contributed by atoms with van der Waals surface area (Å²) in [4.78, 5) is 15.9. The molecule has 2 aliphatic rings. The molecule has 0 amide bonds. The van der Waals surface area contributed by atoms with Crippen LogP contribution in [0.4, 0.5) is 0 Å². The lowest BCUT2D eigenvalue weighted by Crippen LogP contribution is -2.39. The third kappa shape index (κ3) is 3.73. The largest absolute Gasteiger partial charge is 0.492 e. The summed E-state index contributed by atoms with van der Waals surface area (Å²) in [5, 5.41) is 11.6. The zero-order valence-corrected chi connectivity index (χ0v) is 18.7. The van der Waals surface area contributed by atoms with Crippen LogP contribution >= 0.6 is 11.3 Å². The van der Waals surface area contributed by atoms with Crippen LogP contribution in [0.2, 0.25) is 0 Å². The summed E-state index contributed by atoms with van der Waals surface area (Å²) in [6.07, 6.45) is 7.57. The predicted octanol–water partition coefficient (Wildman–Crippen LogP) is 6.09. The van der Waals surface area contributed by atoms with Gasteiger partial charge in [0.1, 0.15) is 5.75 Å². The first-order valence-electron chi connectivity index (χ1n) is 11.3. The maximum atomic E-state index is 11.5. The van der Waals surface area contributed by atoms with Crippen molar-refractivity contribution < 1.29 is 14.6 Å². The van der Waals surface area contributed by atoms with Gasteiger partial charge >= 0.3 is 5.97 Å². The second-order valence-electron chi connectivity index (χ2n) is 9.42. The maximum Gasteiger partial charge on any atom is 0.306 e. The number of ether oxygens (including phenoxy) is 1. The highest BCUT2D eigenvalue weighted by Crippen LogP contribution is 2.54. The molecule has 1 spiro atoms. The molecule has 31 heavy (non-hydrogen) atoms. The molecule has 5 heteroatoms. The number of carboxylic acid groups (broad SMARTS) is 1. The van der Waals surface area contributed by atoms with Crippen molar-refractivity contribution in [2.75, 3.05) is 6.61 Å². The van der Waals surface area contributed by atoms with Gasteiger partial charge in [-0.3, -0.25) is 9.78 Å². The minimum Gasteiger partial charge on any atom is -0.492 e. The van der Waals surface area contributed by atoms with Crippen molar-refractivity contribution >= 4 is 27.5 Å². The number of hydrogen-bond acceptors (Lipinski definition) is 4. The summed E-state index contributed by atoms with van der Waals surface area (Å²) in [6, 6.07) is 12.8. The highest BCUT2D eigenvalue weighted by molar-refractivity contribution is 7.17. The highest BCUT2D eigenvalue weighted by atomic mass is 32.1. The van der Waals surface area contributed by atoms with Crippen molar-refractivity contribution in [1.82, 2.24) is 4.98 Å². The Bertz CT molecular complexity index is 1080. The van der Waals surface area contributed by atoms with Crippen molar-refractivity contribution in [3.8, 4) is 5.75 Å². The number of carboxylic acids is 1. The lowest BCUT2D eigenvalue weighted by molar-refractivity contribution is -0.143. The van der Waals surface area contributed by atoms with Gasteiger partial charge in [-0.25, -0.2) is 0 Å². The number of rotatable bonds is 6. The monoisotopic (exact) mass is 435 g/mol. The molecule has 2 aromatic heterocycles. The van der Waals surface area contributed by atoms with E-state index in [1.165, 1.54) is 11.1 Å². The standard InChI is InChI=1S/C26H29NO3S/c1-17(16-30-23-8-12-27-22-9-13-31-24(22)23)14-20-15-19-4-2-3-5-21(19)26(20)10-6-18(7-11-26)25(28)29/h2-5,8-9,12-13,17-18,20H,6-7,10-11,14-16H2,1H3,(H,28,29)/t17-,18?,20?,26?/m1/s1. The highest BCUT2D eigenvalue weighted by Gasteiger charge is 2.49. The molecular formula is C26H29NO3S. The van der Waals surface area contributed by atoms with E-state index in [1.54, 1.807) is 11.3 Å². The number of thiophene rings is 1. The average Bonchev–Trinajstić information content (AvgIpc) is 3.37. The molecule has 0 radical (unpaired) electrons. The van der Waals surface area contributed by atoms with E-state index < -0.39 is 5.97 Å². The van der Waals surface area contributed by atoms with Gasteiger partial charge in [0.2, 0.25) is 0 Å². The van der Waals surface area contributed by atoms with Gasteiger partial charge in [0.05, 0.1) is 22.7 Å². The van der Waals surface area contributed by atoms with Crippen molar-refractivity contribution in [2.45, 2.75) is 50.9 Å². The van der Waals surface area contributed by atoms with E-state index in [-0.39, 0.29) is 11.3 Å². The van der Waals surface area contributed by atoms with Gasteiger partial charge in [0, 0.05) is 6.20 Å². The summed E-state index contributed by atoms with van der Waals surface area (Å²) in [7, 11) is 0. The number of benzene rings is 1. The fraction of sp³-hybridized carbons (Fsp3) is 0.462. The SMILES string of the molecule is C[C@@H](COc1ccnc2ccsc12)CC1Cc2ccccc2C12CCC(C(=O)O)CC2. The van der Waals surface area contributed by atoms with E-state index in [2.05, 4.69) is 41.6 Å². The Hall–Kier alpha value is -2.40. The number of hydrogen-bond donors (Lipinski definition) is 1. The van der Waals surface area contributed by atoms with Gasteiger partial charge in [0.25, 0.3) is 0 Å². The van der Waals surface area contributed by atoms with Crippen LogP contribution in [0.25, 0.3) is 10.2 Å². The minimum atomic E-state index is -0.628. The van der Waals surface area contributed by atoms with E-state index >= 15 is 0 Å². The van der Waals surface area contributed by atoms with Crippen LogP contribution in [0.1, 0.15) is 50.2 Å². The van der Waals surface area contributed by atoms with Crippen LogP contribution in [0, 0.1) is 17.8 Å². The molecule has 4 nitrogen and oxygen atoms in total. The van der Waals surface area contributed by atoms with Gasteiger partial charge in [-0.2, -0.15) is 0 Å². The number of carbonyl (C=O) groups is 1.